The summed E-state index contributed by atoms with van der Waals surface area (Å²) in [7, 11) is 0. The Balaban J connectivity index is 1.61. The topological polar surface area (TPSA) is 63.4 Å². The number of pyridine rings is 1. The van der Waals surface area contributed by atoms with E-state index in [1.807, 2.05) is 31.5 Å². The summed E-state index contributed by atoms with van der Waals surface area (Å²) in [4.78, 5) is 27.6. The highest BCUT2D eigenvalue weighted by Crippen LogP contribution is 2.17. The number of aromatic nitrogens is 4. The van der Waals surface area contributed by atoms with Crippen LogP contribution in [0, 0.1) is 6.92 Å². The normalized spacial score (nSPS) is 14.8. The fraction of sp³-hybridized carbons (Fsp3) is 0.294. The van der Waals surface area contributed by atoms with Crippen LogP contribution >= 0.6 is 0 Å². The van der Waals surface area contributed by atoms with Gasteiger partial charge in [0, 0.05) is 38.1 Å². The average molecular weight is 307 g/mol. The van der Waals surface area contributed by atoms with Crippen LogP contribution < -0.4 is 5.56 Å². The van der Waals surface area contributed by atoms with E-state index in [1.54, 1.807) is 16.8 Å². The van der Waals surface area contributed by atoms with Crippen molar-refractivity contribution in [1.29, 1.82) is 0 Å². The molecule has 3 aromatic heterocycles. The Morgan fingerprint density at radius 2 is 2.22 bits per heavy atom. The third-order valence-electron chi connectivity index (χ3n) is 4.20. The fourth-order valence-corrected chi connectivity index (χ4v) is 3.01. The van der Waals surface area contributed by atoms with Crippen molar-refractivity contribution >= 4 is 5.65 Å². The van der Waals surface area contributed by atoms with Crippen molar-refractivity contribution in [3.05, 3.63) is 69.8 Å². The summed E-state index contributed by atoms with van der Waals surface area (Å²) in [5, 5.41) is 0. The molecule has 0 radical (unpaired) electrons. The molecule has 0 aliphatic carbocycles. The summed E-state index contributed by atoms with van der Waals surface area (Å²) in [6.07, 6.45) is 6.23. The van der Waals surface area contributed by atoms with E-state index >= 15 is 0 Å². The minimum Gasteiger partial charge on any atom is -0.291 e. The van der Waals surface area contributed by atoms with Crippen molar-refractivity contribution in [2.45, 2.75) is 26.4 Å². The molecule has 0 atom stereocenters. The van der Waals surface area contributed by atoms with E-state index < -0.39 is 0 Å². The molecule has 4 heterocycles. The molecule has 1 aliphatic rings. The first-order valence-corrected chi connectivity index (χ1v) is 7.68. The lowest BCUT2D eigenvalue weighted by Crippen LogP contribution is -2.31. The van der Waals surface area contributed by atoms with Crippen LogP contribution in [-0.4, -0.2) is 30.8 Å². The Kier molecular flexibility index (Phi) is 3.38. The number of hydrogen-bond donors (Lipinski definition) is 0. The first-order chi connectivity index (χ1) is 11.2. The largest absolute Gasteiger partial charge is 0.291 e. The van der Waals surface area contributed by atoms with Crippen LogP contribution in [0.1, 0.15) is 22.5 Å². The predicted molar refractivity (Wildman–Crippen MR) is 86.0 cm³/mol. The Morgan fingerprint density at radius 1 is 1.30 bits per heavy atom. The predicted octanol–water partition coefficient (Wildman–Crippen LogP) is 1.35. The van der Waals surface area contributed by atoms with Crippen molar-refractivity contribution < 1.29 is 0 Å². The number of aryl methyl sites for hydroxylation is 1. The molecule has 4 rings (SSSR count). The van der Waals surface area contributed by atoms with Crippen molar-refractivity contribution in [3.8, 4) is 0 Å². The Labute approximate surface area is 133 Å². The minimum atomic E-state index is -0.0339. The van der Waals surface area contributed by atoms with Gasteiger partial charge in [0.2, 0.25) is 0 Å². The quantitative estimate of drug-likeness (QED) is 0.715. The summed E-state index contributed by atoms with van der Waals surface area (Å²) >= 11 is 0. The van der Waals surface area contributed by atoms with Gasteiger partial charge in [0.1, 0.15) is 12.0 Å². The molecule has 6 nitrogen and oxygen atoms in total. The van der Waals surface area contributed by atoms with Crippen LogP contribution in [0.2, 0.25) is 0 Å². The van der Waals surface area contributed by atoms with Gasteiger partial charge in [0.15, 0.2) is 0 Å². The molecule has 6 heteroatoms. The number of fused-ring (bicyclic) bond motifs is 2. The highest BCUT2D eigenvalue weighted by Gasteiger charge is 2.18. The van der Waals surface area contributed by atoms with Gasteiger partial charge in [-0.25, -0.2) is 15.0 Å². The smallest absolute Gasteiger partial charge is 0.258 e. The highest BCUT2D eigenvalue weighted by atomic mass is 16.1. The van der Waals surface area contributed by atoms with Crippen LogP contribution in [0.3, 0.4) is 0 Å². The van der Waals surface area contributed by atoms with Gasteiger partial charge in [-0.1, -0.05) is 6.07 Å². The molecule has 0 saturated heterocycles. The molecule has 0 saturated carbocycles. The second-order valence-electron chi connectivity index (χ2n) is 5.98. The van der Waals surface area contributed by atoms with Crippen molar-refractivity contribution in [3.63, 3.8) is 0 Å². The van der Waals surface area contributed by atoms with Gasteiger partial charge in [0.05, 0.1) is 11.4 Å². The maximum Gasteiger partial charge on any atom is 0.258 e. The molecular formula is C17H17N5O. The molecule has 0 spiro atoms. The first-order valence-electron chi connectivity index (χ1n) is 7.68. The zero-order valence-electron chi connectivity index (χ0n) is 12.9. The number of hydrogen-bond acceptors (Lipinski definition) is 5. The highest BCUT2D eigenvalue weighted by molar-refractivity contribution is 5.40. The molecule has 0 N–H and O–H groups in total. The van der Waals surface area contributed by atoms with Crippen molar-refractivity contribution in [2.75, 3.05) is 6.54 Å². The second kappa shape index (κ2) is 5.55. The molecule has 0 amide bonds. The summed E-state index contributed by atoms with van der Waals surface area (Å²) < 4.78 is 1.59. The van der Waals surface area contributed by atoms with Crippen LogP contribution in [-0.2, 0) is 19.5 Å². The molecule has 3 aromatic rings. The molecule has 0 unspecified atom stereocenters. The number of rotatable bonds is 2. The van der Waals surface area contributed by atoms with Crippen LogP contribution in [0.15, 0.2) is 41.7 Å². The van der Waals surface area contributed by atoms with Gasteiger partial charge in [-0.3, -0.25) is 14.1 Å². The third-order valence-corrected chi connectivity index (χ3v) is 4.20. The van der Waals surface area contributed by atoms with E-state index in [0.717, 1.165) is 36.5 Å². The molecule has 1 aliphatic heterocycles. The lowest BCUT2D eigenvalue weighted by atomic mass is 10.1. The third kappa shape index (κ3) is 2.73. The van der Waals surface area contributed by atoms with Gasteiger partial charge in [-0.2, -0.15) is 0 Å². The van der Waals surface area contributed by atoms with Gasteiger partial charge in [-0.15, -0.1) is 0 Å². The number of nitrogens with zero attached hydrogens (tertiary/aromatic N) is 5. The Hall–Kier alpha value is -2.60. The lowest BCUT2D eigenvalue weighted by molar-refractivity contribution is 0.238. The summed E-state index contributed by atoms with van der Waals surface area (Å²) in [5.41, 5.74) is 4.79. The molecule has 116 valence electrons. The van der Waals surface area contributed by atoms with E-state index in [0.29, 0.717) is 12.2 Å². The summed E-state index contributed by atoms with van der Waals surface area (Å²) in [6.45, 7) is 4.32. The lowest BCUT2D eigenvalue weighted by Gasteiger charge is -2.27. The molecule has 0 bridgehead atoms. The summed E-state index contributed by atoms with van der Waals surface area (Å²) in [5.74, 6) is 0. The van der Waals surface area contributed by atoms with E-state index in [-0.39, 0.29) is 5.56 Å². The summed E-state index contributed by atoms with van der Waals surface area (Å²) in [6, 6.07) is 5.49. The van der Waals surface area contributed by atoms with E-state index in [9.17, 15) is 4.79 Å². The van der Waals surface area contributed by atoms with Gasteiger partial charge < -0.3 is 0 Å². The van der Waals surface area contributed by atoms with Crippen molar-refractivity contribution in [2.24, 2.45) is 0 Å². The van der Waals surface area contributed by atoms with E-state index in [4.69, 9.17) is 0 Å². The SMILES string of the molecule is Cc1ccc2nc(CN3CCc4cncnc4C3)cc(=O)n2c1. The fourth-order valence-electron chi connectivity index (χ4n) is 3.01. The Morgan fingerprint density at radius 3 is 3.13 bits per heavy atom. The molecular weight excluding hydrogens is 290 g/mol. The van der Waals surface area contributed by atoms with Crippen LogP contribution in [0.25, 0.3) is 5.65 Å². The maximum atomic E-state index is 12.3. The zero-order chi connectivity index (χ0) is 15.8. The van der Waals surface area contributed by atoms with Gasteiger partial charge in [-0.05, 0) is 30.5 Å². The Bertz CT molecular complexity index is 934. The molecule has 0 fully saturated rings. The van der Waals surface area contributed by atoms with Crippen LogP contribution in [0.5, 0.6) is 0 Å². The maximum absolute atomic E-state index is 12.3. The van der Waals surface area contributed by atoms with E-state index in [2.05, 4.69) is 19.9 Å². The second-order valence-corrected chi connectivity index (χ2v) is 5.98. The molecule has 23 heavy (non-hydrogen) atoms. The minimum absolute atomic E-state index is 0.0339. The standard InChI is InChI=1S/C17H17N5O/c1-12-2-3-16-20-14(6-17(23)22(16)8-12)9-21-5-4-13-7-18-11-19-15(13)10-21/h2-3,6-8,11H,4-5,9-10H2,1H3. The van der Waals surface area contributed by atoms with Crippen LogP contribution in [0.4, 0.5) is 0 Å². The monoisotopic (exact) mass is 307 g/mol. The zero-order valence-corrected chi connectivity index (χ0v) is 12.9. The van der Waals surface area contributed by atoms with E-state index in [1.165, 1.54) is 5.56 Å². The average Bonchev–Trinajstić information content (AvgIpc) is 2.55. The molecule has 0 aromatic carbocycles. The van der Waals surface area contributed by atoms with Gasteiger partial charge in [0.25, 0.3) is 5.56 Å². The van der Waals surface area contributed by atoms with Gasteiger partial charge >= 0.3 is 0 Å². The van der Waals surface area contributed by atoms with Crippen molar-refractivity contribution in [1.82, 2.24) is 24.3 Å². The first kappa shape index (κ1) is 14.0.